The SMILES string of the molecule is CCNC(=O)c1ccc(Sc2ccc(Br)cn2)c(N)c1. The van der Waals surface area contributed by atoms with E-state index in [1.54, 1.807) is 18.3 Å². The molecule has 0 aliphatic heterocycles. The number of benzene rings is 1. The quantitative estimate of drug-likeness (QED) is 0.829. The number of hydrogen-bond donors (Lipinski definition) is 2. The van der Waals surface area contributed by atoms with Crippen LogP contribution in [0.3, 0.4) is 0 Å². The minimum absolute atomic E-state index is 0.113. The number of nitrogen functional groups attached to an aromatic ring is 1. The number of hydrogen-bond acceptors (Lipinski definition) is 4. The van der Waals surface area contributed by atoms with Crippen molar-refractivity contribution in [1.29, 1.82) is 0 Å². The Labute approximate surface area is 130 Å². The summed E-state index contributed by atoms with van der Waals surface area (Å²) in [6.07, 6.45) is 1.74. The fourth-order valence-electron chi connectivity index (χ4n) is 1.58. The molecule has 0 spiro atoms. The molecule has 0 aliphatic rings. The van der Waals surface area contributed by atoms with Crippen molar-refractivity contribution in [3.63, 3.8) is 0 Å². The van der Waals surface area contributed by atoms with Crippen LogP contribution < -0.4 is 11.1 Å². The standard InChI is InChI=1S/C14H14BrN3OS/c1-2-17-14(19)9-3-5-12(11(16)7-9)20-13-6-4-10(15)8-18-13/h3-8H,2,16H2,1H3,(H,17,19). The van der Waals surface area contributed by atoms with E-state index in [0.717, 1.165) is 14.4 Å². The molecule has 0 atom stereocenters. The molecule has 20 heavy (non-hydrogen) atoms. The fraction of sp³-hybridized carbons (Fsp3) is 0.143. The molecule has 0 radical (unpaired) electrons. The van der Waals surface area contributed by atoms with Gasteiger partial charge < -0.3 is 11.1 Å². The smallest absolute Gasteiger partial charge is 0.251 e. The van der Waals surface area contributed by atoms with Crippen LogP contribution >= 0.6 is 27.7 Å². The highest BCUT2D eigenvalue weighted by Crippen LogP contribution is 2.31. The molecule has 0 fully saturated rings. The number of aromatic nitrogens is 1. The first-order valence-electron chi connectivity index (χ1n) is 6.07. The first-order valence-corrected chi connectivity index (χ1v) is 7.68. The molecule has 0 saturated heterocycles. The lowest BCUT2D eigenvalue weighted by molar-refractivity contribution is 0.0956. The van der Waals surface area contributed by atoms with E-state index in [-0.39, 0.29) is 5.91 Å². The maximum absolute atomic E-state index is 11.7. The molecule has 0 saturated carbocycles. The molecule has 1 aromatic carbocycles. The molecule has 2 rings (SSSR count). The van der Waals surface area contributed by atoms with Gasteiger partial charge >= 0.3 is 0 Å². The average molecular weight is 352 g/mol. The molecule has 3 N–H and O–H groups in total. The lowest BCUT2D eigenvalue weighted by atomic mass is 10.2. The zero-order chi connectivity index (χ0) is 14.5. The zero-order valence-electron chi connectivity index (χ0n) is 10.9. The van der Waals surface area contributed by atoms with Gasteiger partial charge in [-0.15, -0.1) is 0 Å². The van der Waals surface area contributed by atoms with Crippen LogP contribution in [-0.4, -0.2) is 17.4 Å². The monoisotopic (exact) mass is 351 g/mol. The van der Waals surface area contributed by atoms with Gasteiger partial charge in [0.15, 0.2) is 0 Å². The number of rotatable bonds is 4. The van der Waals surface area contributed by atoms with Crippen molar-refractivity contribution in [3.05, 3.63) is 46.6 Å². The second-order valence-electron chi connectivity index (χ2n) is 4.03. The number of nitrogens with one attached hydrogen (secondary N) is 1. The van der Waals surface area contributed by atoms with Gasteiger partial charge in [-0.1, -0.05) is 11.8 Å². The van der Waals surface area contributed by atoms with Crippen molar-refractivity contribution in [2.24, 2.45) is 0 Å². The molecule has 4 nitrogen and oxygen atoms in total. The van der Waals surface area contributed by atoms with Crippen molar-refractivity contribution < 1.29 is 4.79 Å². The third-order valence-electron chi connectivity index (χ3n) is 2.52. The Kier molecular flexibility index (Phi) is 5.03. The van der Waals surface area contributed by atoms with Crippen LogP contribution in [0, 0.1) is 0 Å². The van der Waals surface area contributed by atoms with Gasteiger partial charge in [0.1, 0.15) is 5.03 Å². The minimum Gasteiger partial charge on any atom is -0.398 e. The van der Waals surface area contributed by atoms with Gasteiger partial charge in [0, 0.05) is 33.4 Å². The van der Waals surface area contributed by atoms with E-state index in [2.05, 4.69) is 26.2 Å². The highest BCUT2D eigenvalue weighted by atomic mass is 79.9. The van der Waals surface area contributed by atoms with Gasteiger partial charge in [0.2, 0.25) is 0 Å². The van der Waals surface area contributed by atoms with Crippen LogP contribution in [0.4, 0.5) is 5.69 Å². The van der Waals surface area contributed by atoms with E-state index < -0.39 is 0 Å². The predicted molar refractivity (Wildman–Crippen MR) is 84.9 cm³/mol. The summed E-state index contributed by atoms with van der Waals surface area (Å²) >= 11 is 4.81. The zero-order valence-corrected chi connectivity index (χ0v) is 13.3. The molecule has 0 aliphatic carbocycles. The Morgan fingerprint density at radius 1 is 1.40 bits per heavy atom. The maximum atomic E-state index is 11.7. The minimum atomic E-state index is -0.113. The van der Waals surface area contributed by atoms with Crippen LogP contribution in [0.1, 0.15) is 17.3 Å². The van der Waals surface area contributed by atoms with Crippen LogP contribution in [0.5, 0.6) is 0 Å². The number of carbonyl (C=O) groups is 1. The van der Waals surface area contributed by atoms with Gasteiger partial charge in [-0.05, 0) is 53.2 Å². The number of nitrogens with zero attached hydrogens (tertiary/aromatic N) is 1. The molecule has 1 amide bonds. The predicted octanol–water partition coefficient (Wildman–Crippen LogP) is 3.33. The van der Waals surface area contributed by atoms with Crippen LogP contribution in [0.25, 0.3) is 0 Å². The van der Waals surface area contributed by atoms with Gasteiger partial charge in [0.25, 0.3) is 5.91 Å². The fourth-order valence-corrected chi connectivity index (χ4v) is 2.59. The molecule has 0 bridgehead atoms. The van der Waals surface area contributed by atoms with E-state index in [1.165, 1.54) is 11.8 Å². The van der Waals surface area contributed by atoms with Gasteiger partial charge in [0.05, 0.1) is 0 Å². The molecule has 1 aromatic heterocycles. The number of carbonyl (C=O) groups excluding carboxylic acids is 1. The van der Waals surface area contributed by atoms with E-state index in [0.29, 0.717) is 17.8 Å². The normalized spacial score (nSPS) is 10.3. The number of amides is 1. The molecule has 1 heterocycles. The third kappa shape index (κ3) is 3.74. The van der Waals surface area contributed by atoms with Gasteiger partial charge in [-0.25, -0.2) is 4.98 Å². The highest BCUT2D eigenvalue weighted by Gasteiger charge is 2.08. The summed E-state index contributed by atoms with van der Waals surface area (Å²) in [6.45, 7) is 2.47. The van der Waals surface area contributed by atoms with E-state index in [9.17, 15) is 4.79 Å². The first kappa shape index (κ1) is 14.9. The van der Waals surface area contributed by atoms with E-state index in [1.807, 2.05) is 25.1 Å². The number of anilines is 1. The number of nitrogens with two attached hydrogens (primary N) is 1. The summed E-state index contributed by atoms with van der Waals surface area (Å²) in [6, 6.07) is 9.13. The van der Waals surface area contributed by atoms with Crippen molar-refractivity contribution in [2.45, 2.75) is 16.8 Å². The van der Waals surface area contributed by atoms with Gasteiger partial charge in [-0.2, -0.15) is 0 Å². The van der Waals surface area contributed by atoms with Crippen LogP contribution in [-0.2, 0) is 0 Å². The molecule has 6 heteroatoms. The summed E-state index contributed by atoms with van der Waals surface area (Å²) in [5.74, 6) is -0.113. The van der Waals surface area contributed by atoms with Crippen molar-refractivity contribution in [3.8, 4) is 0 Å². The van der Waals surface area contributed by atoms with Crippen molar-refractivity contribution >= 4 is 39.3 Å². The maximum Gasteiger partial charge on any atom is 0.251 e. The summed E-state index contributed by atoms with van der Waals surface area (Å²) in [5, 5.41) is 3.60. The lowest BCUT2D eigenvalue weighted by Crippen LogP contribution is -2.22. The largest absolute Gasteiger partial charge is 0.398 e. The highest BCUT2D eigenvalue weighted by molar-refractivity contribution is 9.10. The second kappa shape index (κ2) is 6.76. The number of pyridine rings is 1. The summed E-state index contributed by atoms with van der Waals surface area (Å²) in [4.78, 5) is 16.9. The van der Waals surface area contributed by atoms with E-state index >= 15 is 0 Å². The van der Waals surface area contributed by atoms with Gasteiger partial charge in [-0.3, -0.25) is 4.79 Å². The molecule has 104 valence electrons. The summed E-state index contributed by atoms with van der Waals surface area (Å²) in [7, 11) is 0. The van der Waals surface area contributed by atoms with Crippen LogP contribution in [0.15, 0.2) is 50.9 Å². The average Bonchev–Trinajstić information content (AvgIpc) is 2.43. The topological polar surface area (TPSA) is 68.0 Å². The molecule has 2 aromatic rings. The Bertz CT molecular complexity index is 616. The number of halogens is 1. The second-order valence-corrected chi connectivity index (χ2v) is 6.01. The summed E-state index contributed by atoms with van der Waals surface area (Å²) < 4.78 is 0.932. The Hall–Kier alpha value is -1.53. The first-order chi connectivity index (χ1) is 9.60. The summed E-state index contributed by atoms with van der Waals surface area (Å²) in [5.41, 5.74) is 7.13. The Morgan fingerprint density at radius 2 is 2.20 bits per heavy atom. The van der Waals surface area contributed by atoms with Crippen molar-refractivity contribution in [2.75, 3.05) is 12.3 Å². The third-order valence-corrected chi connectivity index (χ3v) is 4.04. The molecular weight excluding hydrogens is 338 g/mol. The van der Waals surface area contributed by atoms with E-state index in [4.69, 9.17) is 5.73 Å². The molecule has 0 unspecified atom stereocenters. The molecular formula is C14H14BrN3OS. The Morgan fingerprint density at radius 3 is 2.80 bits per heavy atom. The van der Waals surface area contributed by atoms with Crippen molar-refractivity contribution in [1.82, 2.24) is 10.3 Å². The van der Waals surface area contributed by atoms with Crippen LogP contribution in [0.2, 0.25) is 0 Å². The Balaban J connectivity index is 2.17. The lowest BCUT2D eigenvalue weighted by Gasteiger charge is -2.08.